The Labute approximate surface area is 192 Å². The summed E-state index contributed by atoms with van der Waals surface area (Å²) in [5.41, 5.74) is -1.48. The second-order valence-electron chi connectivity index (χ2n) is 9.19. The zero-order valence-corrected chi connectivity index (χ0v) is 19.0. The van der Waals surface area contributed by atoms with E-state index in [1.54, 1.807) is 18.2 Å². The monoisotopic (exact) mass is 473 g/mol. The fraction of sp³-hybridized carbons (Fsp3) is 0.417. The SMILES string of the molecule is CC(F)(F)c1ccc(NS(=O)(=O)c2ccccc2)c(C(=O)NC23CCC(C#N)(CC2)CC3)c1. The Bertz CT molecular complexity index is 1190. The maximum absolute atomic E-state index is 14.0. The zero-order valence-electron chi connectivity index (χ0n) is 18.2. The minimum atomic E-state index is -4.03. The van der Waals surface area contributed by atoms with Gasteiger partial charge in [0.2, 0.25) is 0 Å². The van der Waals surface area contributed by atoms with Gasteiger partial charge in [-0.1, -0.05) is 24.3 Å². The van der Waals surface area contributed by atoms with Crippen LogP contribution in [0.2, 0.25) is 0 Å². The van der Waals surface area contributed by atoms with Crippen molar-refractivity contribution in [3.63, 3.8) is 0 Å². The number of benzene rings is 2. The molecule has 0 spiro atoms. The summed E-state index contributed by atoms with van der Waals surface area (Å²) in [5, 5.41) is 12.5. The molecule has 2 bridgehead atoms. The number of alkyl halides is 2. The number of halogens is 2. The minimum Gasteiger partial charge on any atom is -0.347 e. The first-order valence-corrected chi connectivity index (χ1v) is 12.3. The molecule has 2 aromatic rings. The normalized spacial score (nSPS) is 24.7. The van der Waals surface area contributed by atoms with Crippen LogP contribution in [0.3, 0.4) is 0 Å². The van der Waals surface area contributed by atoms with Gasteiger partial charge in [-0.25, -0.2) is 17.2 Å². The number of hydrogen-bond acceptors (Lipinski definition) is 4. The highest BCUT2D eigenvalue weighted by molar-refractivity contribution is 7.92. The van der Waals surface area contributed by atoms with Gasteiger partial charge in [0.1, 0.15) is 0 Å². The first-order valence-electron chi connectivity index (χ1n) is 10.8. The van der Waals surface area contributed by atoms with E-state index in [4.69, 9.17) is 0 Å². The van der Waals surface area contributed by atoms with E-state index in [0.29, 0.717) is 38.5 Å². The summed E-state index contributed by atoms with van der Waals surface area (Å²) in [6, 6.07) is 13.4. The lowest BCUT2D eigenvalue weighted by atomic mass is 9.58. The number of fused-ring (bicyclic) bond motifs is 3. The number of nitrogens with one attached hydrogen (secondary N) is 2. The standard InChI is InChI=1S/C24H25F2N3O3S/c1-22(25,26)17-7-8-20(29-33(31,32)18-5-3-2-4-6-18)19(15-17)21(30)28-24-12-9-23(16-27,10-13-24)11-14-24/h2-8,15,29H,9-14H2,1H3,(H,28,30). The van der Waals surface area contributed by atoms with E-state index >= 15 is 0 Å². The quantitative estimate of drug-likeness (QED) is 0.620. The van der Waals surface area contributed by atoms with Crippen LogP contribution in [0.4, 0.5) is 14.5 Å². The summed E-state index contributed by atoms with van der Waals surface area (Å²) >= 11 is 0. The molecule has 0 saturated heterocycles. The maximum Gasteiger partial charge on any atom is 0.270 e. The average Bonchev–Trinajstić information content (AvgIpc) is 2.80. The molecule has 0 heterocycles. The molecule has 0 aliphatic heterocycles. The first kappa shape index (κ1) is 23.2. The van der Waals surface area contributed by atoms with E-state index < -0.39 is 27.4 Å². The third-order valence-corrected chi connectivity index (χ3v) is 8.31. The van der Waals surface area contributed by atoms with Crippen molar-refractivity contribution in [3.05, 3.63) is 59.7 Å². The summed E-state index contributed by atoms with van der Waals surface area (Å²) in [7, 11) is -4.03. The molecule has 3 aliphatic rings. The molecule has 5 rings (SSSR count). The van der Waals surface area contributed by atoms with Crippen LogP contribution < -0.4 is 10.0 Å². The number of nitriles is 1. The smallest absolute Gasteiger partial charge is 0.270 e. The van der Waals surface area contributed by atoms with Crippen LogP contribution in [-0.4, -0.2) is 19.9 Å². The van der Waals surface area contributed by atoms with Gasteiger partial charge in [0.05, 0.1) is 27.6 Å². The molecule has 9 heteroatoms. The van der Waals surface area contributed by atoms with E-state index in [9.17, 15) is 27.3 Å². The topological polar surface area (TPSA) is 99.1 Å². The molecular weight excluding hydrogens is 448 g/mol. The molecule has 3 aliphatic carbocycles. The lowest BCUT2D eigenvalue weighted by Crippen LogP contribution is -2.56. The maximum atomic E-state index is 14.0. The molecule has 174 valence electrons. The Morgan fingerprint density at radius 2 is 1.64 bits per heavy atom. The molecule has 6 nitrogen and oxygen atoms in total. The van der Waals surface area contributed by atoms with Gasteiger partial charge < -0.3 is 5.32 Å². The summed E-state index contributed by atoms with van der Waals surface area (Å²) in [5.74, 6) is -3.81. The lowest BCUT2D eigenvalue weighted by Gasteiger charge is -2.50. The lowest BCUT2D eigenvalue weighted by molar-refractivity contribution is 0.0174. The van der Waals surface area contributed by atoms with Crippen molar-refractivity contribution < 1.29 is 22.0 Å². The van der Waals surface area contributed by atoms with Gasteiger partial charge >= 0.3 is 0 Å². The van der Waals surface area contributed by atoms with E-state index in [0.717, 1.165) is 19.1 Å². The molecule has 33 heavy (non-hydrogen) atoms. The van der Waals surface area contributed by atoms with Crippen molar-refractivity contribution in [2.24, 2.45) is 5.41 Å². The first-order chi connectivity index (χ1) is 15.5. The molecule has 2 aromatic carbocycles. The molecule has 0 atom stereocenters. The Morgan fingerprint density at radius 3 is 2.18 bits per heavy atom. The predicted octanol–water partition coefficient (Wildman–Crippen LogP) is 4.95. The fourth-order valence-corrected chi connectivity index (χ4v) is 5.85. The average molecular weight is 474 g/mol. The Morgan fingerprint density at radius 1 is 1.03 bits per heavy atom. The molecule has 0 aromatic heterocycles. The number of carbonyl (C=O) groups is 1. The second-order valence-corrected chi connectivity index (χ2v) is 10.9. The van der Waals surface area contributed by atoms with Crippen LogP contribution in [0.5, 0.6) is 0 Å². The number of rotatable bonds is 6. The molecule has 2 N–H and O–H groups in total. The molecule has 1 amide bonds. The van der Waals surface area contributed by atoms with Gasteiger partial charge in [0.25, 0.3) is 21.9 Å². The molecule has 3 saturated carbocycles. The van der Waals surface area contributed by atoms with Crippen molar-refractivity contribution in [3.8, 4) is 6.07 Å². The Hall–Kier alpha value is -2.99. The predicted molar refractivity (Wildman–Crippen MR) is 119 cm³/mol. The van der Waals surface area contributed by atoms with Crippen LogP contribution in [0.1, 0.15) is 61.4 Å². The highest BCUT2D eigenvalue weighted by Gasteiger charge is 2.49. The molecule has 0 radical (unpaired) electrons. The van der Waals surface area contributed by atoms with Crippen molar-refractivity contribution in [1.82, 2.24) is 5.32 Å². The van der Waals surface area contributed by atoms with Crippen LogP contribution in [0.25, 0.3) is 0 Å². The molecular formula is C24H25F2N3O3S. The number of nitrogens with zero attached hydrogens (tertiary/aromatic N) is 1. The number of hydrogen-bond donors (Lipinski definition) is 2. The number of anilines is 1. The van der Waals surface area contributed by atoms with E-state index in [2.05, 4.69) is 16.1 Å². The third kappa shape index (κ3) is 4.58. The van der Waals surface area contributed by atoms with Gasteiger partial charge in [-0.3, -0.25) is 9.52 Å². The Balaban J connectivity index is 1.66. The van der Waals surface area contributed by atoms with Crippen LogP contribution in [0.15, 0.2) is 53.4 Å². The third-order valence-electron chi connectivity index (χ3n) is 6.93. The Kier molecular flexibility index (Phi) is 5.69. The van der Waals surface area contributed by atoms with Crippen molar-refractivity contribution in [1.29, 1.82) is 5.26 Å². The van der Waals surface area contributed by atoms with Crippen molar-refractivity contribution in [2.75, 3.05) is 4.72 Å². The van der Waals surface area contributed by atoms with Gasteiger partial charge in [-0.2, -0.15) is 5.26 Å². The largest absolute Gasteiger partial charge is 0.347 e. The van der Waals surface area contributed by atoms with E-state index in [1.807, 2.05) is 0 Å². The van der Waals surface area contributed by atoms with Crippen molar-refractivity contribution in [2.45, 2.75) is 61.8 Å². The summed E-state index contributed by atoms with van der Waals surface area (Å²) < 4.78 is 56.1. The highest BCUT2D eigenvalue weighted by Crippen LogP contribution is 2.52. The van der Waals surface area contributed by atoms with E-state index in [-0.39, 0.29) is 27.1 Å². The minimum absolute atomic E-state index is 0.00717. The summed E-state index contributed by atoms with van der Waals surface area (Å²) in [6.07, 6.45) is 3.89. The number of carbonyl (C=O) groups excluding carboxylic acids is 1. The molecule has 0 unspecified atom stereocenters. The molecule has 3 fully saturated rings. The summed E-state index contributed by atoms with van der Waals surface area (Å²) in [6.45, 7) is 0.722. The zero-order chi connectivity index (χ0) is 23.9. The van der Waals surface area contributed by atoms with Gasteiger partial charge in [0, 0.05) is 18.0 Å². The number of sulfonamides is 1. The fourth-order valence-electron chi connectivity index (χ4n) is 4.75. The van der Waals surface area contributed by atoms with Crippen LogP contribution in [0, 0.1) is 16.7 Å². The van der Waals surface area contributed by atoms with Gasteiger partial charge in [-0.05, 0) is 62.8 Å². The number of amides is 1. The van der Waals surface area contributed by atoms with Crippen molar-refractivity contribution >= 4 is 21.6 Å². The second kappa shape index (κ2) is 8.10. The van der Waals surface area contributed by atoms with E-state index in [1.165, 1.54) is 18.2 Å². The van der Waals surface area contributed by atoms with Gasteiger partial charge in [-0.15, -0.1) is 0 Å². The summed E-state index contributed by atoms with van der Waals surface area (Å²) in [4.78, 5) is 13.3. The highest BCUT2D eigenvalue weighted by atomic mass is 32.2. The van der Waals surface area contributed by atoms with Crippen LogP contribution >= 0.6 is 0 Å². The van der Waals surface area contributed by atoms with Gasteiger partial charge in [0.15, 0.2) is 0 Å². The van der Waals surface area contributed by atoms with Crippen LogP contribution in [-0.2, 0) is 15.9 Å².